The molecule has 0 fully saturated rings. The summed E-state index contributed by atoms with van der Waals surface area (Å²) >= 11 is 1.81. The molecule has 2 aliphatic rings. The maximum Gasteiger partial charge on any atom is 0.188 e. The zero-order valence-corrected chi connectivity index (χ0v) is 14.3. The number of thioether (sulfide) groups is 1. The lowest BCUT2D eigenvalue weighted by molar-refractivity contribution is -0.0180. The molecule has 2 aromatic carbocycles. The Kier molecular flexibility index (Phi) is 4.19. The van der Waals surface area contributed by atoms with Gasteiger partial charge in [-0.25, -0.2) is 4.39 Å². The predicted molar refractivity (Wildman–Crippen MR) is 96.0 cm³/mol. The van der Waals surface area contributed by atoms with Gasteiger partial charge in [-0.05, 0) is 35.8 Å². The van der Waals surface area contributed by atoms with E-state index in [1.165, 1.54) is 17.7 Å². The predicted octanol–water partition coefficient (Wildman–Crippen LogP) is 4.45. The third-order valence-electron chi connectivity index (χ3n) is 4.52. The first-order valence-corrected chi connectivity index (χ1v) is 9.52. The Balaban J connectivity index is 1.68. The molecule has 0 bridgehead atoms. The zero-order valence-electron chi connectivity index (χ0n) is 13.5. The highest BCUT2D eigenvalue weighted by Gasteiger charge is 2.39. The summed E-state index contributed by atoms with van der Waals surface area (Å²) in [7, 11) is 0. The number of hydrogen-bond donors (Lipinski definition) is 0. The van der Waals surface area contributed by atoms with Crippen LogP contribution in [0.25, 0.3) is 0 Å². The first kappa shape index (κ1) is 15.5. The minimum absolute atomic E-state index is 0.0460. The lowest BCUT2D eigenvalue weighted by Crippen LogP contribution is -2.40. The highest BCUT2D eigenvalue weighted by Crippen LogP contribution is 2.43. The number of fused-ring (bicyclic) bond motifs is 3. The Bertz CT molecular complexity index is 762. The number of nitrogens with zero attached hydrogens (tertiary/aromatic N) is 2. The van der Waals surface area contributed by atoms with Crippen LogP contribution in [0.15, 0.2) is 53.6 Å². The van der Waals surface area contributed by atoms with Crippen molar-refractivity contribution in [1.29, 1.82) is 0 Å². The average molecular weight is 342 g/mol. The molecule has 2 atom stereocenters. The molecule has 3 nitrogen and oxygen atoms in total. The Morgan fingerprint density at radius 1 is 1.21 bits per heavy atom. The summed E-state index contributed by atoms with van der Waals surface area (Å²) in [6.45, 7) is 0. The number of hydrogen-bond acceptors (Lipinski definition) is 4. The van der Waals surface area contributed by atoms with Crippen molar-refractivity contribution >= 4 is 17.5 Å². The second-order valence-electron chi connectivity index (χ2n) is 6.05. The third-order valence-corrected chi connectivity index (χ3v) is 5.17. The molecule has 0 saturated carbocycles. The van der Waals surface area contributed by atoms with Crippen molar-refractivity contribution in [2.24, 2.45) is 5.10 Å². The van der Waals surface area contributed by atoms with Gasteiger partial charge >= 0.3 is 0 Å². The molecule has 0 aromatic heterocycles. The van der Waals surface area contributed by atoms with Crippen LogP contribution >= 0.6 is 11.8 Å². The van der Waals surface area contributed by atoms with Gasteiger partial charge in [0.15, 0.2) is 6.23 Å². The normalized spacial score (nSPS) is 21.8. The molecule has 0 saturated heterocycles. The molecule has 2 heterocycles. The van der Waals surface area contributed by atoms with E-state index in [1.807, 2.05) is 30.0 Å². The van der Waals surface area contributed by atoms with E-state index in [1.54, 1.807) is 12.1 Å². The second-order valence-corrected chi connectivity index (χ2v) is 7.03. The van der Waals surface area contributed by atoms with Gasteiger partial charge in [0, 0.05) is 18.4 Å². The summed E-state index contributed by atoms with van der Waals surface area (Å²) in [6.07, 6.45) is 3.80. The Morgan fingerprint density at radius 2 is 2.00 bits per heavy atom. The van der Waals surface area contributed by atoms with Crippen molar-refractivity contribution in [2.45, 2.75) is 25.1 Å². The monoisotopic (exact) mass is 342 g/mol. The highest BCUT2D eigenvalue weighted by molar-refractivity contribution is 7.98. The molecule has 0 unspecified atom stereocenters. The summed E-state index contributed by atoms with van der Waals surface area (Å²) in [5, 5.41) is 6.93. The van der Waals surface area contributed by atoms with E-state index >= 15 is 0 Å². The van der Waals surface area contributed by atoms with Crippen LogP contribution < -0.4 is 4.74 Å². The van der Waals surface area contributed by atoms with Crippen LogP contribution in [0.2, 0.25) is 0 Å². The maximum atomic E-state index is 13.2. The molecule has 0 radical (unpaired) electrons. The molecule has 124 valence electrons. The van der Waals surface area contributed by atoms with E-state index in [4.69, 9.17) is 9.84 Å². The van der Waals surface area contributed by atoms with Gasteiger partial charge < -0.3 is 4.74 Å². The molecular formula is C19H19FN2OS. The maximum absolute atomic E-state index is 13.2. The number of rotatable bonds is 4. The SMILES string of the molecule is CSCC[C@@H]1Oc2ccccc2[C@@H]2CC(c3ccc(F)cc3)=NN12. The van der Waals surface area contributed by atoms with E-state index in [-0.39, 0.29) is 18.1 Å². The van der Waals surface area contributed by atoms with Gasteiger partial charge in [0.2, 0.25) is 0 Å². The van der Waals surface area contributed by atoms with Crippen molar-refractivity contribution in [3.8, 4) is 5.75 Å². The van der Waals surface area contributed by atoms with E-state index in [0.29, 0.717) is 0 Å². The number of halogens is 1. The fourth-order valence-electron chi connectivity index (χ4n) is 3.34. The van der Waals surface area contributed by atoms with E-state index in [2.05, 4.69) is 17.3 Å². The Labute approximate surface area is 145 Å². The van der Waals surface area contributed by atoms with Crippen LogP contribution in [-0.2, 0) is 0 Å². The lowest BCUT2D eigenvalue weighted by atomic mass is 9.96. The van der Waals surface area contributed by atoms with Gasteiger partial charge in [0.05, 0.1) is 11.8 Å². The number of para-hydroxylation sites is 1. The van der Waals surface area contributed by atoms with Gasteiger partial charge in [-0.15, -0.1) is 0 Å². The van der Waals surface area contributed by atoms with Crippen molar-refractivity contribution in [3.63, 3.8) is 0 Å². The largest absolute Gasteiger partial charge is 0.469 e. The fraction of sp³-hybridized carbons (Fsp3) is 0.316. The quantitative estimate of drug-likeness (QED) is 0.821. The molecule has 4 rings (SSSR count). The summed E-state index contributed by atoms with van der Waals surface area (Å²) in [4.78, 5) is 0. The molecule has 0 spiro atoms. The molecule has 2 aromatic rings. The smallest absolute Gasteiger partial charge is 0.188 e. The van der Waals surface area contributed by atoms with Crippen LogP contribution in [0.4, 0.5) is 4.39 Å². The third kappa shape index (κ3) is 2.77. The minimum atomic E-state index is -0.221. The number of benzene rings is 2. The average Bonchev–Trinajstić information content (AvgIpc) is 3.06. The second kappa shape index (κ2) is 6.48. The molecule has 0 N–H and O–H groups in total. The van der Waals surface area contributed by atoms with E-state index in [9.17, 15) is 4.39 Å². The van der Waals surface area contributed by atoms with Crippen LogP contribution in [0, 0.1) is 5.82 Å². The number of hydrazone groups is 1. The van der Waals surface area contributed by atoms with Gasteiger partial charge in [-0.1, -0.05) is 30.3 Å². The molecule has 5 heteroatoms. The van der Waals surface area contributed by atoms with Gasteiger partial charge in [0.25, 0.3) is 0 Å². The summed E-state index contributed by atoms with van der Waals surface area (Å²) < 4.78 is 19.4. The summed E-state index contributed by atoms with van der Waals surface area (Å²) in [5.74, 6) is 1.76. The minimum Gasteiger partial charge on any atom is -0.469 e. The fourth-order valence-corrected chi connectivity index (χ4v) is 3.77. The van der Waals surface area contributed by atoms with Crippen LogP contribution in [0.5, 0.6) is 5.75 Å². The summed E-state index contributed by atoms with van der Waals surface area (Å²) in [6, 6.07) is 15.0. The zero-order chi connectivity index (χ0) is 16.5. The standard InChI is InChI=1S/C19H19FN2OS/c1-24-11-10-19-22-17(15-4-2-3-5-18(15)23-19)12-16(21-22)13-6-8-14(20)9-7-13/h2-9,17,19H,10-12H2,1H3/t17-,19-/m0/s1. The van der Waals surface area contributed by atoms with Crippen LogP contribution in [0.1, 0.15) is 30.0 Å². The van der Waals surface area contributed by atoms with Gasteiger partial charge in [-0.3, -0.25) is 5.01 Å². The van der Waals surface area contributed by atoms with E-state index in [0.717, 1.165) is 35.6 Å². The van der Waals surface area contributed by atoms with E-state index < -0.39 is 0 Å². The number of ether oxygens (including phenoxy) is 1. The first-order chi connectivity index (χ1) is 11.8. The highest BCUT2D eigenvalue weighted by atomic mass is 32.2. The molecular weight excluding hydrogens is 323 g/mol. The Morgan fingerprint density at radius 3 is 2.79 bits per heavy atom. The molecule has 2 aliphatic heterocycles. The molecule has 0 aliphatic carbocycles. The molecule has 0 amide bonds. The Hall–Kier alpha value is -2.01. The van der Waals surface area contributed by atoms with Gasteiger partial charge in [0.1, 0.15) is 11.6 Å². The first-order valence-electron chi connectivity index (χ1n) is 8.12. The van der Waals surface area contributed by atoms with Crippen molar-refractivity contribution < 1.29 is 9.13 Å². The van der Waals surface area contributed by atoms with Crippen molar-refractivity contribution in [3.05, 3.63) is 65.5 Å². The van der Waals surface area contributed by atoms with Crippen LogP contribution in [-0.4, -0.2) is 29.0 Å². The van der Waals surface area contributed by atoms with Crippen molar-refractivity contribution in [1.82, 2.24) is 5.01 Å². The lowest BCUT2D eigenvalue weighted by Gasteiger charge is -2.38. The topological polar surface area (TPSA) is 24.8 Å². The summed E-state index contributed by atoms with van der Waals surface area (Å²) in [5.41, 5.74) is 3.15. The molecule has 24 heavy (non-hydrogen) atoms. The van der Waals surface area contributed by atoms with Crippen LogP contribution in [0.3, 0.4) is 0 Å². The van der Waals surface area contributed by atoms with Gasteiger partial charge in [-0.2, -0.15) is 16.9 Å². The van der Waals surface area contributed by atoms with Crippen molar-refractivity contribution in [2.75, 3.05) is 12.0 Å².